The first-order valence-electron chi connectivity index (χ1n) is 8.68. The molecule has 2 aromatic heterocycles. The summed E-state index contributed by atoms with van der Waals surface area (Å²) >= 11 is 5.89. The molecule has 3 rings (SSSR count). The number of hydrogen-bond donors (Lipinski definition) is 1. The molecule has 3 aromatic rings. The fourth-order valence-corrected chi connectivity index (χ4v) is 3.49. The average molecular weight is 422 g/mol. The standard InChI is InChI=1S/C18H20ClN5O3S/c1-4-11(2)24-16-14(10-21-18(19)23-16)22-15(17(24)25)20-9-12-5-7-13(8-6-12)28(3,26)27/h5-8,10-11H,4,9H2,1-3H3,(H,20,22). The van der Waals surface area contributed by atoms with Crippen molar-refractivity contribution in [2.24, 2.45) is 0 Å². The predicted octanol–water partition coefficient (Wildman–Crippen LogP) is 2.83. The molecule has 0 bridgehead atoms. The topological polar surface area (TPSA) is 107 Å². The zero-order chi connectivity index (χ0) is 20.5. The SMILES string of the molecule is CCC(C)n1c(=O)c(NCc2ccc(S(C)(=O)=O)cc2)nc2cnc(Cl)nc21. The second-order valence-corrected chi connectivity index (χ2v) is 8.86. The van der Waals surface area contributed by atoms with Gasteiger partial charge in [0.15, 0.2) is 21.3 Å². The van der Waals surface area contributed by atoms with Gasteiger partial charge in [0.1, 0.15) is 5.52 Å². The Balaban J connectivity index is 1.96. The molecule has 1 unspecified atom stereocenters. The normalized spacial score (nSPS) is 12.9. The van der Waals surface area contributed by atoms with E-state index in [0.717, 1.165) is 18.2 Å². The molecule has 1 aromatic carbocycles. The number of halogens is 1. The van der Waals surface area contributed by atoms with Gasteiger partial charge in [-0.1, -0.05) is 19.1 Å². The van der Waals surface area contributed by atoms with Crippen LogP contribution in [0, 0.1) is 0 Å². The fraction of sp³-hybridized carbons (Fsp3) is 0.333. The molecule has 1 N–H and O–H groups in total. The van der Waals surface area contributed by atoms with Crippen molar-refractivity contribution in [1.29, 1.82) is 0 Å². The molecule has 8 nitrogen and oxygen atoms in total. The van der Waals surface area contributed by atoms with Gasteiger partial charge >= 0.3 is 0 Å². The van der Waals surface area contributed by atoms with Gasteiger partial charge in [-0.25, -0.2) is 18.4 Å². The number of hydrogen-bond acceptors (Lipinski definition) is 7. The number of nitrogens with one attached hydrogen (secondary N) is 1. The monoisotopic (exact) mass is 421 g/mol. The zero-order valence-electron chi connectivity index (χ0n) is 15.7. The summed E-state index contributed by atoms with van der Waals surface area (Å²) in [6.45, 7) is 4.21. The molecule has 28 heavy (non-hydrogen) atoms. The molecule has 0 aliphatic rings. The van der Waals surface area contributed by atoms with E-state index >= 15 is 0 Å². The number of sulfone groups is 1. The molecule has 0 fully saturated rings. The lowest BCUT2D eigenvalue weighted by Crippen LogP contribution is -2.28. The summed E-state index contributed by atoms with van der Waals surface area (Å²) in [6, 6.07) is 6.36. The number of fused-ring (bicyclic) bond motifs is 1. The van der Waals surface area contributed by atoms with Gasteiger partial charge in [0.25, 0.3) is 5.56 Å². The Labute approximate surface area is 167 Å². The van der Waals surface area contributed by atoms with E-state index in [9.17, 15) is 13.2 Å². The smallest absolute Gasteiger partial charge is 0.295 e. The van der Waals surface area contributed by atoms with Crippen molar-refractivity contribution in [3.8, 4) is 0 Å². The maximum Gasteiger partial charge on any atom is 0.295 e. The van der Waals surface area contributed by atoms with E-state index in [1.807, 2.05) is 13.8 Å². The first kappa shape index (κ1) is 20.2. The maximum absolute atomic E-state index is 13.0. The van der Waals surface area contributed by atoms with Crippen molar-refractivity contribution >= 4 is 38.4 Å². The second kappa shape index (κ2) is 7.84. The Bertz CT molecular complexity index is 1180. The lowest BCUT2D eigenvalue weighted by atomic mass is 10.2. The summed E-state index contributed by atoms with van der Waals surface area (Å²) in [7, 11) is -3.25. The van der Waals surface area contributed by atoms with Crippen molar-refractivity contribution in [3.05, 3.63) is 51.7 Å². The Kier molecular flexibility index (Phi) is 5.66. The molecule has 2 heterocycles. The van der Waals surface area contributed by atoms with E-state index in [4.69, 9.17) is 11.6 Å². The predicted molar refractivity (Wildman–Crippen MR) is 108 cm³/mol. The van der Waals surface area contributed by atoms with Crippen LogP contribution in [0.4, 0.5) is 5.82 Å². The van der Waals surface area contributed by atoms with Gasteiger partial charge in [0.05, 0.1) is 11.1 Å². The first-order valence-corrected chi connectivity index (χ1v) is 10.9. The third-order valence-corrected chi connectivity index (χ3v) is 5.76. The van der Waals surface area contributed by atoms with Crippen LogP contribution >= 0.6 is 11.6 Å². The Morgan fingerprint density at radius 2 is 1.89 bits per heavy atom. The summed E-state index contributed by atoms with van der Waals surface area (Å²) in [5.41, 5.74) is 1.36. The van der Waals surface area contributed by atoms with Crippen LogP contribution in [-0.2, 0) is 16.4 Å². The largest absolute Gasteiger partial charge is 0.361 e. The molecular formula is C18H20ClN5O3S. The average Bonchev–Trinajstić information content (AvgIpc) is 2.65. The minimum Gasteiger partial charge on any atom is -0.361 e. The van der Waals surface area contributed by atoms with Gasteiger partial charge in [-0.15, -0.1) is 0 Å². The molecule has 0 amide bonds. The third kappa shape index (κ3) is 4.15. The number of anilines is 1. The van der Waals surface area contributed by atoms with E-state index < -0.39 is 9.84 Å². The van der Waals surface area contributed by atoms with E-state index in [2.05, 4.69) is 20.3 Å². The van der Waals surface area contributed by atoms with Crippen LogP contribution in [-0.4, -0.2) is 34.2 Å². The van der Waals surface area contributed by atoms with E-state index in [1.165, 1.54) is 18.3 Å². The van der Waals surface area contributed by atoms with Gasteiger partial charge < -0.3 is 5.32 Å². The Hall–Kier alpha value is -2.52. The molecule has 1 atom stereocenters. The highest BCUT2D eigenvalue weighted by Gasteiger charge is 2.16. The first-order chi connectivity index (χ1) is 13.2. The van der Waals surface area contributed by atoms with Crippen LogP contribution in [0.15, 0.2) is 40.2 Å². The molecule has 10 heteroatoms. The number of rotatable bonds is 6. The highest BCUT2D eigenvalue weighted by atomic mass is 35.5. The second-order valence-electron chi connectivity index (χ2n) is 6.51. The quantitative estimate of drug-likeness (QED) is 0.609. The molecule has 0 spiro atoms. The van der Waals surface area contributed by atoms with Crippen LogP contribution < -0.4 is 10.9 Å². The van der Waals surface area contributed by atoms with Crippen LogP contribution in [0.2, 0.25) is 5.28 Å². The molecule has 148 valence electrons. The highest BCUT2D eigenvalue weighted by Crippen LogP contribution is 2.18. The summed E-state index contributed by atoms with van der Waals surface area (Å²) < 4.78 is 24.7. The van der Waals surface area contributed by atoms with Gasteiger partial charge in [-0.2, -0.15) is 4.98 Å². The van der Waals surface area contributed by atoms with Crippen molar-refractivity contribution < 1.29 is 8.42 Å². The summed E-state index contributed by atoms with van der Waals surface area (Å²) in [6.07, 6.45) is 3.37. The molecular weight excluding hydrogens is 402 g/mol. The van der Waals surface area contributed by atoms with Gasteiger partial charge in [0.2, 0.25) is 5.28 Å². The van der Waals surface area contributed by atoms with Crippen LogP contribution in [0.3, 0.4) is 0 Å². The minimum absolute atomic E-state index is 0.0532. The lowest BCUT2D eigenvalue weighted by molar-refractivity contribution is 0.526. The van der Waals surface area contributed by atoms with Gasteiger partial charge in [0, 0.05) is 18.8 Å². The zero-order valence-corrected chi connectivity index (χ0v) is 17.3. The van der Waals surface area contributed by atoms with Crippen LogP contribution in [0.25, 0.3) is 11.2 Å². The van der Waals surface area contributed by atoms with Crippen LogP contribution in [0.1, 0.15) is 31.9 Å². The molecule has 0 aliphatic carbocycles. The lowest BCUT2D eigenvalue weighted by Gasteiger charge is -2.17. The molecule has 0 saturated carbocycles. The number of nitrogens with zero attached hydrogens (tertiary/aromatic N) is 4. The molecule has 0 radical (unpaired) electrons. The minimum atomic E-state index is -3.25. The van der Waals surface area contributed by atoms with Crippen molar-refractivity contribution in [2.45, 2.75) is 37.8 Å². The Morgan fingerprint density at radius 1 is 1.21 bits per heavy atom. The molecule has 0 aliphatic heterocycles. The maximum atomic E-state index is 13.0. The highest BCUT2D eigenvalue weighted by molar-refractivity contribution is 7.90. The van der Waals surface area contributed by atoms with Gasteiger partial charge in [-0.05, 0) is 42.6 Å². The Morgan fingerprint density at radius 3 is 2.50 bits per heavy atom. The van der Waals surface area contributed by atoms with Crippen molar-refractivity contribution in [2.75, 3.05) is 11.6 Å². The van der Waals surface area contributed by atoms with E-state index in [-0.39, 0.29) is 27.6 Å². The summed E-state index contributed by atoms with van der Waals surface area (Å²) in [5, 5.41) is 3.08. The van der Waals surface area contributed by atoms with Gasteiger partial charge in [-0.3, -0.25) is 9.36 Å². The van der Waals surface area contributed by atoms with Crippen molar-refractivity contribution in [3.63, 3.8) is 0 Å². The number of aromatic nitrogens is 4. The molecule has 0 saturated heterocycles. The summed E-state index contributed by atoms with van der Waals surface area (Å²) in [4.78, 5) is 25.7. The van der Waals surface area contributed by atoms with E-state index in [1.54, 1.807) is 16.7 Å². The van der Waals surface area contributed by atoms with Crippen molar-refractivity contribution in [1.82, 2.24) is 19.5 Å². The number of benzene rings is 1. The summed E-state index contributed by atoms with van der Waals surface area (Å²) in [5.74, 6) is 0.172. The third-order valence-electron chi connectivity index (χ3n) is 4.45. The fourth-order valence-electron chi connectivity index (χ4n) is 2.73. The van der Waals surface area contributed by atoms with E-state index in [0.29, 0.717) is 17.7 Å². The van der Waals surface area contributed by atoms with Crippen LogP contribution in [0.5, 0.6) is 0 Å².